The molecule has 40 heavy (non-hydrogen) atoms. The minimum Gasteiger partial charge on any atom is -0.466 e. The molecule has 1 unspecified atom stereocenters. The number of nitriles is 1. The molecule has 0 fully saturated rings. The number of primary amides is 1. The van der Waals surface area contributed by atoms with Crippen molar-refractivity contribution >= 4 is 23.6 Å². The van der Waals surface area contributed by atoms with Gasteiger partial charge in [0.05, 0.1) is 51.0 Å². The van der Waals surface area contributed by atoms with Gasteiger partial charge >= 0.3 is 18.2 Å². The van der Waals surface area contributed by atoms with Crippen molar-refractivity contribution in [3.05, 3.63) is 76.0 Å². The SMILES string of the molecule is COC(=O)C1=C(C)N(c2cccc(C(F)(F)F)c2)C(=N)N(C(N)=O)C1c1ccc(C#N)cc1C#CC[N+](C)(C)C. The number of allylic oxidation sites excluding steroid dienone is 1. The Balaban J connectivity index is 2.35. The number of guanidine groups is 1. The number of nitrogens with two attached hydrogens (primary N) is 1. The fourth-order valence-electron chi connectivity index (χ4n) is 4.21. The average molecular weight is 554 g/mol. The van der Waals surface area contributed by atoms with Crippen LogP contribution < -0.4 is 10.6 Å². The molecule has 9 nitrogen and oxygen atoms in total. The van der Waals surface area contributed by atoms with Crippen molar-refractivity contribution in [2.24, 2.45) is 5.73 Å². The van der Waals surface area contributed by atoms with Gasteiger partial charge in [0.2, 0.25) is 5.96 Å². The summed E-state index contributed by atoms with van der Waals surface area (Å²) in [6, 6.07) is 8.14. The molecule has 1 aliphatic heterocycles. The van der Waals surface area contributed by atoms with E-state index in [1.54, 1.807) is 0 Å². The highest BCUT2D eigenvalue weighted by atomic mass is 19.4. The van der Waals surface area contributed by atoms with Gasteiger partial charge in [0, 0.05) is 16.9 Å². The van der Waals surface area contributed by atoms with Gasteiger partial charge in [0.15, 0.2) is 0 Å². The summed E-state index contributed by atoms with van der Waals surface area (Å²) >= 11 is 0. The van der Waals surface area contributed by atoms with Crippen molar-refractivity contribution in [2.75, 3.05) is 39.7 Å². The number of methoxy groups -OCH3 is 1. The summed E-state index contributed by atoms with van der Waals surface area (Å²) in [7, 11) is 6.91. The second-order valence-corrected chi connectivity index (χ2v) is 9.97. The number of alkyl halides is 3. The molecule has 3 N–H and O–H groups in total. The third-order valence-corrected chi connectivity index (χ3v) is 6.02. The molecule has 0 saturated heterocycles. The monoisotopic (exact) mass is 553 g/mol. The normalized spacial score (nSPS) is 15.8. The Bertz CT molecular complexity index is 1510. The van der Waals surface area contributed by atoms with Crippen molar-refractivity contribution in [2.45, 2.75) is 19.1 Å². The molecular weight excluding hydrogens is 525 g/mol. The predicted octanol–water partition coefficient (Wildman–Crippen LogP) is 3.96. The summed E-state index contributed by atoms with van der Waals surface area (Å²) in [5.41, 5.74) is 5.36. The maximum Gasteiger partial charge on any atom is 0.416 e. The lowest BCUT2D eigenvalue weighted by Crippen LogP contribution is -2.55. The zero-order valence-electron chi connectivity index (χ0n) is 22.6. The fraction of sp³-hybridized carbons (Fsp3) is 0.286. The van der Waals surface area contributed by atoms with E-state index in [0.29, 0.717) is 16.6 Å². The van der Waals surface area contributed by atoms with Crippen molar-refractivity contribution in [3.63, 3.8) is 0 Å². The van der Waals surface area contributed by atoms with Gasteiger partial charge in [-0.3, -0.25) is 15.2 Å². The van der Waals surface area contributed by atoms with Crippen molar-refractivity contribution in [1.82, 2.24) is 4.90 Å². The lowest BCUT2D eigenvalue weighted by atomic mass is 9.89. The zero-order chi connectivity index (χ0) is 30.0. The number of rotatable bonds is 4. The van der Waals surface area contributed by atoms with Crippen molar-refractivity contribution < 1.29 is 32.0 Å². The number of amides is 2. The van der Waals surface area contributed by atoms with Gasteiger partial charge in [-0.05, 0) is 48.7 Å². The van der Waals surface area contributed by atoms with Crippen LogP contribution in [0.1, 0.15) is 35.2 Å². The number of hydrogen-bond acceptors (Lipinski definition) is 5. The molecule has 1 aliphatic rings. The van der Waals surface area contributed by atoms with Crippen molar-refractivity contribution in [3.8, 4) is 17.9 Å². The first-order valence-corrected chi connectivity index (χ1v) is 11.9. The molecule has 2 aromatic rings. The number of nitrogens with zero attached hydrogens (tertiary/aromatic N) is 4. The van der Waals surface area contributed by atoms with E-state index < -0.39 is 35.7 Å². The van der Waals surface area contributed by atoms with Gasteiger partial charge in [-0.1, -0.05) is 18.1 Å². The third kappa shape index (κ3) is 6.08. The maximum absolute atomic E-state index is 13.5. The zero-order valence-corrected chi connectivity index (χ0v) is 22.6. The van der Waals surface area contributed by atoms with Crippen LogP contribution in [-0.4, -0.2) is 62.1 Å². The molecule has 0 aliphatic carbocycles. The smallest absolute Gasteiger partial charge is 0.416 e. The van der Waals surface area contributed by atoms with E-state index in [1.165, 1.54) is 31.2 Å². The molecular formula is C28H28F3N6O3+. The van der Waals surface area contributed by atoms with E-state index in [4.69, 9.17) is 15.9 Å². The lowest BCUT2D eigenvalue weighted by molar-refractivity contribution is -0.862. The fourth-order valence-corrected chi connectivity index (χ4v) is 4.21. The minimum absolute atomic E-state index is 0.0494. The second-order valence-electron chi connectivity index (χ2n) is 9.97. The van der Waals surface area contributed by atoms with Gasteiger partial charge in [-0.15, -0.1) is 0 Å². The number of nitrogens with one attached hydrogen (secondary N) is 1. The number of quaternary nitrogens is 1. The topological polar surface area (TPSA) is 124 Å². The van der Waals surface area contributed by atoms with E-state index in [1.807, 2.05) is 27.2 Å². The van der Waals surface area contributed by atoms with E-state index in [9.17, 15) is 28.0 Å². The number of ether oxygens (including phenoxy) is 1. The van der Waals surface area contributed by atoms with Gasteiger partial charge in [0.25, 0.3) is 0 Å². The van der Waals surface area contributed by atoms with Gasteiger partial charge in [-0.2, -0.15) is 18.4 Å². The van der Waals surface area contributed by atoms with Crippen LogP contribution in [0.15, 0.2) is 53.7 Å². The van der Waals surface area contributed by atoms with Crippen LogP contribution >= 0.6 is 0 Å². The number of urea groups is 1. The summed E-state index contributed by atoms with van der Waals surface area (Å²) in [6.45, 7) is 1.86. The van der Waals surface area contributed by atoms with Crippen LogP contribution in [0.2, 0.25) is 0 Å². The molecule has 3 rings (SSSR count). The summed E-state index contributed by atoms with van der Waals surface area (Å²) in [5.74, 6) is 4.54. The Morgan fingerprint density at radius 3 is 2.40 bits per heavy atom. The van der Waals surface area contributed by atoms with Gasteiger partial charge in [-0.25, -0.2) is 9.59 Å². The van der Waals surface area contributed by atoms with Crippen molar-refractivity contribution in [1.29, 1.82) is 10.7 Å². The average Bonchev–Trinajstić information content (AvgIpc) is 2.86. The summed E-state index contributed by atoms with van der Waals surface area (Å²) in [6.07, 6.45) is -4.68. The molecule has 0 bridgehead atoms. The highest BCUT2D eigenvalue weighted by molar-refractivity contribution is 6.10. The lowest BCUT2D eigenvalue weighted by Gasteiger charge is -2.43. The highest BCUT2D eigenvalue weighted by Crippen LogP contribution is 2.41. The summed E-state index contributed by atoms with van der Waals surface area (Å²) < 4.78 is 46.0. The van der Waals surface area contributed by atoms with Crippen LogP contribution in [-0.2, 0) is 15.7 Å². The Morgan fingerprint density at radius 1 is 1.18 bits per heavy atom. The van der Waals surface area contributed by atoms with Crippen LogP contribution in [0.5, 0.6) is 0 Å². The van der Waals surface area contributed by atoms with E-state index >= 15 is 0 Å². The Labute approximate surface area is 229 Å². The molecule has 2 amide bonds. The third-order valence-electron chi connectivity index (χ3n) is 6.02. The first-order chi connectivity index (χ1) is 18.6. The van der Waals surface area contributed by atoms with E-state index in [-0.39, 0.29) is 28.1 Å². The molecule has 0 radical (unpaired) electrons. The van der Waals surface area contributed by atoms with Gasteiger partial charge < -0.3 is 15.0 Å². The molecule has 1 atom stereocenters. The molecule has 0 saturated carbocycles. The molecule has 2 aromatic carbocycles. The summed E-state index contributed by atoms with van der Waals surface area (Å²) in [5, 5.41) is 18.3. The number of halogens is 3. The largest absolute Gasteiger partial charge is 0.466 e. The number of hydrogen-bond donors (Lipinski definition) is 2. The predicted molar refractivity (Wildman–Crippen MR) is 141 cm³/mol. The first-order valence-electron chi connectivity index (χ1n) is 11.9. The number of benzene rings is 2. The number of esters is 1. The molecule has 208 valence electrons. The van der Waals surface area contributed by atoms with Crippen LogP contribution in [0.25, 0.3) is 0 Å². The van der Waals surface area contributed by atoms with Gasteiger partial charge in [0.1, 0.15) is 12.6 Å². The van der Waals surface area contributed by atoms with Crippen LogP contribution in [0.4, 0.5) is 23.7 Å². The summed E-state index contributed by atoms with van der Waals surface area (Å²) in [4.78, 5) is 27.8. The number of carbonyl (C=O) groups is 2. The maximum atomic E-state index is 13.5. The Morgan fingerprint density at radius 2 is 1.85 bits per heavy atom. The van der Waals surface area contributed by atoms with Crippen LogP contribution in [0.3, 0.4) is 0 Å². The molecule has 0 aromatic heterocycles. The minimum atomic E-state index is -4.68. The highest BCUT2D eigenvalue weighted by Gasteiger charge is 2.44. The molecule has 1 heterocycles. The first kappa shape index (κ1) is 29.7. The standard InChI is InChI=1S/C28H27F3N6O3/c1-17-23(25(38)40-5)24(22-12-11-18(16-32)14-19(22)8-7-13-37(2,3)4)36(27(34)39)26(33)35(17)21-10-6-9-20(15-21)28(29,30)31/h6,9-12,14-15,24,33H,13H2,1-5H3,(H-,34,39)/p+1. The molecule has 12 heteroatoms. The number of carbonyl (C=O) groups excluding carboxylic acids is 2. The Kier molecular flexibility index (Phi) is 8.27. The van der Waals surface area contributed by atoms with Crippen LogP contribution in [0, 0.1) is 28.6 Å². The number of anilines is 1. The van der Waals surface area contributed by atoms with E-state index in [2.05, 4.69) is 11.8 Å². The van der Waals surface area contributed by atoms with E-state index in [0.717, 1.165) is 35.1 Å². The Hall–Kier alpha value is -4.81. The quantitative estimate of drug-likeness (QED) is 0.337. The molecule has 0 spiro atoms. The second kappa shape index (κ2) is 11.1.